The Morgan fingerprint density at radius 3 is 2.68 bits per heavy atom. The first-order valence-corrected chi connectivity index (χ1v) is 11.0. The molecule has 7 nitrogen and oxygen atoms in total. The molecule has 0 spiro atoms. The molecule has 0 radical (unpaired) electrons. The van der Waals surface area contributed by atoms with Gasteiger partial charge in [-0.3, -0.25) is 4.79 Å². The molecule has 0 aliphatic carbocycles. The zero-order valence-corrected chi connectivity index (χ0v) is 18.3. The number of hydrogen-bond donors (Lipinski definition) is 1. The average molecular weight is 420 g/mol. The third-order valence-electron chi connectivity index (χ3n) is 5.92. The second kappa shape index (κ2) is 9.29. The first-order chi connectivity index (χ1) is 15.0. The molecule has 7 heteroatoms. The fourth-order valence-electron chi connectivity index (χ4n) is 3.78. The van der Waals surface area contributed by atoms with Crippen molar-refractivity contribution in [2.75, 3.05) is 18.0 Å². The maximum atomic E-state index is 12.5. The number of carbonyl (C=O) groups excluding carboxylic acids is 1. The Kier molecular flexibility index (Phi) is 6.30. The quantitative estimate of drug-likeness (QED) is 0.643. The summed E-state index contributed by atoms with van der Waals surface area (Å²) < 4.78 is 5.59. The summed E-state index contributed by atoms with van der Waals surface area (Å²) in [6.07, 6.45) is 4.32. The molecule has 1 saturated heterocycles. The van der Waals surface area contributed by atoms with Crippen LogP contribution in [0.4, 0.5) is 5.82 Å². The van der Waals surface area contributed by atoms with Gasteiger partial charge < -0.3 is 14.7 Å². The van der Waals surface area contributed by atoms with E-state index < -0.39 is 0 Å². The number of piperidine rings is 1. The van der Waals surface area contributed by atoms with E-state index in [-0.39, 0.29) is 17.9 Å². The molecule has 162 valence electrons. The van der Waals surface area contributed by atoms with Crippen LogP contribution >= 0.6 is 0 Å². The Hall–Kier alpha value is -3.22. The summed E-state index contributed by atoms with van der Waals surface area (Å²) in [6.45, 7) is 7.70. The molecule has 1 aliphatic heterocycles. The van der Waals surface area contributed by atoms with Gasteiger partial charge in [0.05, 0.1) is 5.56 Å². The van der Waals surface area contributed by atoms with E-state index in [0.29, 0.717) is 11.7 Å². The van der Waals surface area contributed by atoms with Crippen LogP contribution in [0.5, 0.6) is 0 Å². The number of nitrogens with one attached hydrogen (secondary N) is 1. The molecule has 1 fully saturated rings. The van der Waals surface area contributed by atoms with Crippen LogP contribution in [0.1, 0.15) is 38.7 Å². The van der Waals surface area contributed by atoms with Crippen LogP contribution in [0, 0.1) is 12.8 Å². The summed E-state index contributed by atoms with van der Waals surface area (Å²) in [7, 11) is 0. The van der Waals surface area contributed by atoms with E-state index in [1.807, 2.05) is 50.2 Å². The Morgan fingerprint density at radius 2 is 1.97 bits per heavy atom. The van der Waals surface area contributed by atoms with Crippen LogP contribution in [0.2, 0.25) is 0 Å². The van der Waals surface area contributed by atoms with Gasteiger partial charge in [-0.25, -0.2) is 4.98 Å². The number of hydrogen-bond acceptors (Lipinski definition) is 6. The number of pyridine rings is 1. The summed E-state index contributed by atoms with van der Waals surface area (Å²) in [5, 5.41) is 7.27. The van der Waals surface area contributed by atoms with Crippen molar-refractivity contribution in [3.05, 3.63) is 48.2 Å². The molecule has 1 aromatic carbocycles. The predicted octanol–water partition coefficient (Wildman–Crippen LogP) is 4.24. The molecule has 3 heterocycles. The number of carbonyl (C=O) groups is 1. The monoisotopic (exact) mass is 419 g/mol. The van der Waals surface area contributed by atoms with Crippen molar-refractivity contribution in [3.63, 3.8) is 0 Å². The van der Waals surface area contributed by atoms with Crippen LogP contribution < -0.4 is 10.2 Å². The van der Waals surface area contributed by atoms with Crippen molar-refractivity contribution >= 4 is 11.7 Å². The van der Waals surface area contributed by atoms with Gasteiger partial charge in [0, 0.05) is 36.8 Å². The summed E-state index contributed by atoms with van der Waals surface area (Å²) in [5.41, 5.74) is 2.92. The van der Waals surface area contributed by atoms with Crippen molar-refractivity contribution in [3.8, 4) is 22.8 Å². The molecule has 0 unspecified atom stereocenters. The number of amides is 1. The van der Waals surface area contributed by atoms with Gasteiger partial charge in [-0.1, -0.05) is 41.9 Å². The van der Waals surface area contributed by atoms with Gasteiger partial charge >= 0.3 is 0 Å². The normalized spacial score (nSPS) is 15.6. The van der Waals surface area contributed by atoms with Gasteiger partial charge in [0.15, 0.2) is 0 Å². The number of aryl methyl sites for hydroxylation is 1. The fraction of sp³-hybridized carbons (Fsp3) is 0.417. The molecular weight excluding hydrogens is 390 g/mol. The van der Waals surface area contributed by atoms with Gasteiger partial charge in [-0.05, 0) is 45.2 Å². The third kappa shape index (κ3) is 4.76. The second-order valence-electron chi connectivity index (χ2n) is 8.24. The van der Waals surface area contributed by atoms with Crippen molar-refractivity contribution < 1.29 is 9.32 Å². The summed E-state index contributed by atoms with van der Waals surface area (Å²) in [5.74, 6) is 2.05. The number of rotatable bonds is 6. The first-order valence-electron chi connectivity index (χ1n) is 11.0. The van der Waals surface area contributed by atoms with E-state index in [1.54, 1.807) is 6.20 Å². The molecule has 3 aromatic rings. The van der Waals surface area contributed by atoms with Crippen molar-refractivity contribution in [1.29, 1.82) is 0 Å². The molecule has 1 atom stereocenters. The molecule has 31 heavy (non-hydrogen) atoms. The van der Waals surface area contributed by atoms with E-state index >= 15 is 0 Å². The first kappa shape index (κ1) is 21.0. The van der Waals surface area contributed by atoms with Crippen molar-refractivity contribution in [2.24, 2.45) is 5.92 Å². The van der Waals surface area contributed by atoms with E-state index in [1.165, 1.54) is 5.56 Å². The molecular formula is C24H29N5O2. The minimum absolute atomic E-state index is 0.0500. The lowest BCUT2D eigenvalue weighted by molar-refractivity contribution is -0.126. The largest absolute Gasteiger partial charge is 0.356 e. The lowest BCUT2D eigenvalue weighted by Gasteiger charge is -2.33. The molecule has 0 bridgehead atoms. The summed E-state index contributed by atoms with van der Waals surface area (Å²) in [4.78, 5) is 23.9. The number of aromatic nitrogens is 3. The van der Waals surface area contributed by atoms with Gasteiger partial charge in [-0.15, -0.1) is 0 Å². The smallest absolute Gasteiger partial charge is 0.261 e. The summed E-state index contributed by atoms with van der Waals surface area (Å²) in [6, 6.07) is 12.1. The van der Waals surface area contributed by atoms with Crippen LogP contribution in [-0.2, 0) is 4.79 Å². The maximum absolute atomic E-state index is 12.5. The van der Waals surface area contributed by atoms with Crippen LogP contribution in [0.3, 0.4) is 0 Å². The van der Waals surface area contributed by atoms with Crippen LogP contribution in [0.15, 0.2) is 47.1 Å². The van der Waals surface area contributed by atoms with Gasteiger partial charge in [0.2, 0.25) is 11.7 Å². The van der Waals surface area contributed by atoms with Gasteiger partial charge in [-0.2, -0.15) is 4.98 Å². The Balaban J connectivity index is 1.49. The molecule has 2 aromatic heterocycles. The standard InChI is InChI=1S/C24H29N5O2/c1-4-17(3)26-23(30)19-11-14-29(15-12-19)22-20(6-5-13-25-22)24-27-21(28-31-24)18-9-7-16(2)8-10-18/h5-10,13,17,19H,4,11-12,14-15H2,1-3H3,(H,26,30)/t17-/m0/s1. The van der Waals surface area contributed by atoms with Crippen LogP contribution in [0.25, 0.3) is 22.8 Å². The zero-order chi connectivity index (χ0) is 21.8. The molecule has 4 rings (SSSR count). The van der Waals surface area contributed by atoms with Crippen molar-refractivity contribution in [1.82, 2.24) is 20.4 Å². The molecule has 0 saturated carbocycles. The molecule has 1 aliphatic rings. The Morgan fingerprint density at radius 1 is 1.23 bits per heavy atom. The third-order valence-corrected chi connectivity index (χ3v) is 5.92. The highest BCUT2D eigenvalue weighted by molar-refractivity contribution is 5.79. The van der Waals surface area contributed by atoms with E-state index in [0.717, 1.165) is 49.3 Å². The van der Waals surface area contributed by atoms with E-state index in [9.17, 15) is 4.79 Å². The highest BCUT2D eigenvalue weighted by Gasteiger charge is 2.28. The number of anilines is 1. The van der Waals surface area contributed by atoms with Crippen LogP contribution in [-0.4, -0.2) is 40.2 Å². The van der Waals surface area contributed by atoms with Gasteiger partial charge in [0.1, 0.15) is 5.82 Å². The van der Waals surface area contributed by atoms with E-state index in [2.05, 4.69) is 32.3 Å². The van der Waals surface area contributed by atoms with Gasteiger partial charge in [0.25, 0.3) is 5.89 Å². The Bertz CT molecular complexity index is 1020. The molecule has 1 N–H and O–H groups in total. The number of benzene rings is 1. The predicted molar refractivity (Wildman–Crippen MR) is 121 cm³/mol. The lowest BCUT2D eigenvalue weighted by Crippen LogP contribution is -2.43. The van der Waals surface area contributed by atoms with Crippen molar-refractivity contribution in [2.45, 2.75) is 46.1 Å². The second-order valence-corrected chi connectivity index (χ2v) is 8.24. The SMILES string of the molecule is CC[C@H](C)NC(=O)C1CCN(c2ncccc2-c2nc(-c3ccc(C)cc3)no2)CC1. The highest BCUT2D eigenvalue weighted by atomic mass is 16.5. The average Bonchev–Trinajstić information content (AvgIpc) is 3.29. The number of nitrogens with zero attached hydrogens (tertiary/aromatic N) is 4. The maximum Gasteiger partial charge on any atom is 0.261 e. The minimum Gasteiger partial charge on any atom is -0.356 e. The van der Waals surface area contributed by atoms with E-state index in [4.69, 9.17) is 4.52 Å². The topological polar surface area (TPSA) is 84.2 Å². The fourth-order valence-corrected chi connectivity index (χ4v) is 3.78. The molecule has 1 amide bonds. The minimum atomic E-state index is 0.0500. The lowest BCUT2D eigenvalue weighted by atomic mass is 9.95. The zero-order valence-electron chi connectivity index (χ0n) is 18.3. The summed E-state index contributed by atoms with van der Waals surface area (Å²) >= 11 is 0. The Labute approximate surface area is 182 Å². The highest BCUT2D eigenvalue weighted by Crippen LogP contribution is 2.32.